The Kier molecular flexibility index (Phi) is 10.2. The van der Waals surface area contributed by atoms with E-state index in [2.05, 4.69) is 20.8 Å². The van der Waals surface area contributed by atoms with E-state index in [0.29, 0.717) is 38.2 Å². The van der Waals surface area contributed by atoms with Gasteiger partial charge in [-0.2, -0.15) is 0 Å². The van der Waals surface area contributed by atoms with Crippen LogP contribution in [-0.4, -0.2) is 32.3 Å². The third-order valence-electron chi connectivity index (χ3n) is 5.08. The molecule has 0 unspecified atom stereocenters. The number of thioether (sulfide) groups is 1. The van der Waals surface area contributed by atoms with Gasteiger partial charge in [0.05, 0.1) is 37.6 Å². The number of amides is 2. The normalized spacial score (nSPS) is 12.0. The lowest BCUT2D eigenvalue weighted by molar-refractivity contribution is -0.113. The molecule has 0 spiro atoms. The fourth-order valence-corrected chi connectivity index (χ4v) is 5.31. The number of aromatic nitrogens is 3. The molecule has 2 N–H and O–H groups in total. The average molecular weight is 610 g/mol. The van der Waals surface area contributed by atoms with Crippen molar-refractivity contribution in [1.29, 1.82) is 0 Å². The van der Waals surface area contributed by atoms with Crippen LogP contribution in [0.5, 0.6) is 0 Å². The summed E-state index contributed by atoms with van der Waals surface area (Å²) < 4.78 is 1.86. The van der Waals surface area contributed by atoms with Crippen molar-refractivity contribution >= 4 is 87.3 Å². The minimum absolute atomic E-state index is 0.00144. The van der Waals surface area contributed by atoms with Crippen molar-refractivity contribution in [3.05, 3.63) is 66.8 Å². The third-order valence-corrected chi connectivity index (χ3v) is 7.60. The molecule has 192 valence electrons. The monoisotopic (exact) mass is 607 g/mol. The van der Waals surface area contributed by atoms with E-state index in [4.69, 9.17) is 58.0 Å². The van der Waals surface area contributed by atoms with Crippen LogP contribution in [0.15, 0.2) is 35.5 Å². The molecule has 36 heavy (non-hydrogen) atoms. The minimum Gasteiger partial charge on any atom is -0.342 e. The van der Waals surface area contributed by atoms with Crippen LogP contribution >= 0.6 is 69.8 Å². The molecule has 3 aromatic rings. The highest BCUT2D eigenvalue weighted by atomic mass is 35.5. The summed E-state index contributed by atoms with van der Waals surface area (Å²) in [5, 5.41) is 16.3. The van der Waals surface area contributed by atoms with Crippen LogP contribution in [0.2, 0.25) is 25.1 Å². The van der Waals surface area contributed by atoms with E-state index >= 15 is 0 Å². The molecule has 3 rings (SSSR count). The van der Waals surface area contributed by atoms with Crippen molar-refractivity contribution in [2.24, 2.45) is 5.92 Å². The van der Waals surface area contributed by atoms with Crippen LogP contribution in [0.25, 0.3) is 0 Å². The first-order valence-corrected chi connectivity index (χ1v) is 13.7. The molecule has 0 aliphatic heterocycles. The number of anilines is 1. The number of nitrogens with zero attached hydrogens (tertiary/aromatic N) is 3. The predicted molar refractivity (Wildman–Crippen MR) is 148 cm³/mol. The van der Waals surface area contributed by atoms with Crippen molar-refractivity contribution in [2.45, 2.75) is 38.5 Å². The zero-order chi connectivity index (χ0) is 26.6. The summed E-state index contributed by atoms with van der Waals surface area (Å²) in [7, 11) is 0. The van der Waals surface area contributed by atoms with Gasteiger partial charge in [-0.15, -0.1) is 10.2 Å². The summed E-state index contributed by atoms with van der Waals surface area (Å²) in [5.74, 6) is -0.0286. The largest absolute Gasteiger partial charge is 0.342 e. The number of nitrogens with one attached hydrogen (secondary N) is 2. The van der Waals surface area contributed by atoms with Gasteiger partial charge in [-0.1, -0.05) is 83.6 Å². The van der Waals surface area contributed by atoms with Crippen LogP contribution in [0.3, 0.4) is 0 Å². The minimum atomic E-state index is -0.436. The highest BCUT2D eigenvalue weighted by Crippen LogP contribution is 2.34. The zero-order valence-corrected chi connectivity index (χ0v) is 24.0. The molecule has 2 amide bonds. The lowest BCUT2D eigenvalue weighted by Gasteiger charge is -2.22. The molecule has 13 heteroatoms. The third kappa shape index (κ3) is 7.00. The topological polar surface area (TPSA) is 88.9 Å². The van der Waals surface area contributed by atoms with Gasteiger partial charge in [0.1, 0.15) is 0 Å². The molecule has 1 atom stereocenters. The molecule has 1 aromatic heterocycles. The number of hydrogen-bond acceptors (Lipinski definition) is 5. The van der Waals surface area contributed by atoms with Gasteiger partial charge in [0, 0.05) is 17.1 Å². The fraction of sp³-hybridized carbons (Fsp3) is 0.304. The van der Waals surface area contributed by atoms with Crippen LogP contribution < -0.4 is 10.6 Å². The van der Waals surface area contributed by atoms with Gasteiger partial charge in [0.25, 0.3) is 5.91 Å². The van der Waals surface area contributed by atoms with Crippen molar-refractivity contribution in [2.75, 3.05) is 11.1 Å². The van der Waals surface area contributed by atoms with Crippen LogP contribution in [0.4, 0.5) is 5.69 Å². The summed E-state index contributed by atoms with van der Waals surface area (Å²) >= 11 is 31.5. The Hall–Kier alpha value is -1.68. The van der Waals surface area contributed by atoms with Gasteiger partial charge >= 0.3 is 0 Å². The highest BCUT2D eigenvalue weighted by molar-refractivity contribution is 7.99. The molecule has 0 aliphatic carbocycles. The van der Waals surface area contributed by atoms with Gasteiger partial charge in [0.2, 0.25) is 5.91 Å². The Bertz CT molecular complexity index is 1260. The van der Waals surface area contributed by atoms with Gasteiger partial charge in [-0.25, -0.2) is 0 Å². The van der Waals surface area contributed by atoms with Gasteiger partial charge in [-0.05, 0) is 43.2 Å². The number of carbonyl (C=O) groups excluding carboxylic acids is 2. The molecule has 2 aromatic carbocycles. The van der Waals surface area contributed by atoms with Gasteiger partial charge in [0.15, 0.2) is 11.0 Å². The molecule has 0 fully saturated rings. The van der Waals surface area contributed by atoms with Crippen molar-refractivity contribution in [1.82, 2.24) is 20.1 Å². The van der Waals surface area contributed by atoms with Crippen LogP contribution in [0, 0.1) is 5.92 Å². The van der Waals surface area contributed by atoms with Crippen LogP contribution in [0.1, 0.15) is 43.0 Å². The van der Waals surface area contributed by atoms with E-state index < -0.39 is 6.04 Å². The first-order chi connectivity index (χ1) is 17.0. The summed E-state index contributed by atoms with van der Waals surface area (Å²) in [4.78, 5) is 25.5. The van der Waals surface area contributed by atoms with Crippen molar-refractivity contribution in [3.63, 3.8) is 0 Å². The van der Waals surface area contributed by atoms with E-state index in [0.717, 1.165) is 0 Å². The molecule has 0 radical (unpaired) electrons. The molecular formula is C23H22Cl5N5O2S. The number of rotatable bonds is 9. The van der Waals surface area contributed by atoms with Gasteiger partial charge < -0.3 is 15.2 Å². The Balaban J connectivity index is 1.74. The molecule has 7 nitrogen and oxygen atoms in total. The maximum atomic E-state index is 12.9. The Morgan fingerprint density at radius 2 is 1.64 bits per heavy atom. The highest BCUT2D eigenvalue weighted by Gasteiger charge is 2.26. The first-order valence-electron chi connectivity index (χ1n) is 10.8. The summed E-state index contributed by atoms with van der Waals surface area (Å²) in [6, 6.07) is 7.24. The van der Waals surface area contributed by atoms with Crippen molar-refractivity contribution in [3.8, 4) is 0 Å². The Labute approximate surface area is 238 Å². The van der Waals surface area contributed by atoms with E-state index in [1.807, 2.05) is 25.3 Å². The molecule has 0 bridgehead atoms. The summed E-state index contributed by atoms with van der Waals surface area (Å²) in [6.45, 7) is 6.40. The lowest BCUT2D eigenvalue weighted by Crippen LogP contribution is -2.33. The SMILES string of the molecule is CCn1c(SCC(=O)Nc2c(Cl)cc(Cl)cc2Cl)nnc1[C@@H](NC(=O)c1ccc(Cl)c(Cl)c1)C(C)C. The second kappa shape index (κ2) is 12.7. The van der Waals surface area contributed by atoms with E-state index in [-0.39, 0.29) is 39.2 Å². The molecule has 0 saturated carbocycles. The first kappa shape index (κ1) is 28.9. The summed E-state index contributed by atoms with van der Waals surface area (Å²) in [5.41, 5.74) is 0.666. The molecular weight excluding hydrogens is 588 g/mol. The quantitative estimate of drug-likeness (QED) is 0.247. The Morgan fingerprint density at radius 3 is 2.22 bits per heavy atom. The van der Waals surface area contributed by atoms with E-state index in [1.54, 1.807) is 12.1 Å². The maximum Gasteiger partial charge on any atom is 0.251 e. The standard InChI is InChI=1S/C23H22Cl5N5O2S/c1-4-33-21(19(11(2)3)30-22(35)12-5-6-14(25)15(26)7-12)31-32-23(33)36-10-18(34)29-20-16(27)8-13(24)9-17(20)28/h5-9,11,19H,4,10H2,1-3H3,(H,29,34)(H,30,35)/t19-/m0/s1. The number of benzene rings is 2. The van der Waals surface area contributed by atoms with Crippen molar-refractivity contribution < 1.29 is 9.59 Å². The maximum absolute atomic E-state index is 12.9. The van der Waals surface area contributed by atoms with E-state index in [9.17, 15) is 9.59 Å². The Morgan fingerprint density at radius 1 is 0.972 bits per heavy atom. The molecule has 0 aliphatic rings. The molecule has 0 saturated heterocycles. The zero-order valence-electron chi connectivity index (χ0n) is 19.4. The lowest BCUT2D eigenvalue weighted by atomic mass is 10.0. The predicted octanol–water partition coefficient (Wildman–Crippen LogP) is 7.42. The second-order valence-corrected chi connectivity index (χ2v) is 11.0. The second-order valence-electron chi connectivity index (χ2n) is 7.99. The molecule has 1 heterocycles. The smallest absolute Gasteiger partial charge is 0.251 e. The number of hydrogen-bond donors (Lipinski definition) is 2. The average Bonchev–Trinajstić information content (AvgIpc) is 3.22. The number of halogens is 5. The van der Waals surface area contributed by atoms with E-state index in [1.165, 1.54) is 30.0 Å². The summed E-state index contributed by atoms with van der Waals surface area (Å²) in [6.07, 6.45) is 0. The van der Waals surface area contributed by atoms with Crippen LogP contribution in [-0.2, 0) is 11.3 Å². The number of carbonyl (C=O) groups is 2. The van der Waals surface area contributed by atoms with Gasteiger partial charge in [-0.3, -0.25) is 9.59 Å². The fourth-order valence-electron chi connectivity index (χ4n) is 3.29.